The summed E-state index contributed by atoms with van der Waals surface area (Å²) >= 11 is 3.44. The Morgan fingerprint density at radius 3 is 2.61 bits per heavy atom. The molecule has 0 amide bonds. The van der Waals surface area contributed by atoms with Gasteiger partial charge in [0.05, 0.1) is 5.69 Å². The van der Waals surface area contributed by atoms with E-state index in [1.807, 2.05) is 11.7 Å². The molecule has 0 saturated carbocycles. The van der Waals surface area contributed by atoms with Gasteiger partial charge >= 0.3 is 0 Å². The second kappa shape index (κ2) is 6.16. The second-order valence-corrected chi connectivity index (χ2v) is 5.27. The van der Waals surface area contributed by atoms with Crippen LogP contribution >= 0.6 is 15.9 Å². The van der Waals surface area contributed by atoms with Gasteiger partial charge in [0.25, 0.3) is 0 Å². The molecule has 96 valence electrons. The van der Waals surface area contributed by atoms with Gasteiger partial charge in [-0.3, -0.25) is 4.68 Å². The minimum Gasteiger partial charge on any atom is -0.308 e. The first kappa shape index (κ1) is 13.3. The number of benzene rings is 1. The predicted molar refractivity (Wildman–Crippen MR) is 77.3 cm³/mol. The third-order valence-corrected chi connectivity index (χ3v) is 3.41. The summed E-state index contributed by atoms with van der Waals surface area (Å²) in [7, 11) is 1.97. The molecule has 18 heavy (non-hydrogen) atoms. The summed E-state index contributed by atoms with van der Waals surface area (Å²) in [6, 6.07) is 8.39. The lowest BCUT2D eigenvalue weighted by molar-refractivity contribution is 0.688. The van der Waals surface area contributed by atoms with Crippen LogP contribution in [0, 0.1) is 0 Å². The fourth-order valence-electron chi connectivity index (χ4n) is 1.97. The van der Waals surface area contributed by atoms with Gasteiger partial charge < -0.3 is 5.32 Å². The molecule has 3 nitrogen and oxygen atoms in total. The van der Waals surface area contributed by atoms with Crippen molar-refractivity contribution in [1.82, 2.24) is 15.1 Å². The first-order valence-corrected chi connectivity index (χ1v) is 6.95. The van der Waals surface area contributed by atoms with Gasteiger partial charge in [0, 0.05) is 36.4 Å². The molecule has 0 fully saturated rings. The minimum atomic E-state index is 0.868. The first-order valence-electron chi connectivity index (χ1n) is 6.15. The molecular formula is C14H18BrN3. The monoisotopic (exact) mass is 307 g/mol. The smallest absolute Gasteiger partial charge is 0.0666 e. The van der Waals surface area contributed by atoms with E-state index in [9.17, 15) is 0 Å². The quantitative estimate of drug-likeness (QED) is 0.920. The molecule has 0 aliphatic rings. The summed E-state index contributed by atoms with van der Waals surface area (Å²) in [6.07, 6.45) is 3.07. The highest BCUT2D eigenvalue weighted by atomic mass is 79.9. The molecule has 0 spiro atoms. The van der Waals surface area contributed by atoms with Crippen molar-refractivity contribution in [3.05, 3.63) is 51.8 Å². The Labute approximate surface area is 116 Å². The van der Waals surface area contributed by atoms with Gasteiger partial charge in [-0.15, -0.1) is 0 Å². The Morgan fingerprint density at radius 1 is 1.22 bits per heavy atom. The number of rotatable bonds is 5. The molecule has 0 saturated heterocycles. The fraction of sp³-hybridized carbons (Fsp3) is 0.357. The van der Waals surface area contributed by atoms with Gasteiger partial charge in [0.1, 0.15) is 0 Å². The van der Waals surface area contributed by atoms with E-state index in [4.69, 9.17) is 0 Å². The second-order valence-electron chi connectivity index (χ2n) is 4.36. The van der Waals surface area contributed by atoms with Gasteiger partial charge in [-0.05, 0) is 24.1 Å². The average Bonchev–Trinajstić information content (AvgIpc) is 2.72. The first-order chi connectivity index (χ1) is 8.69. The van der Waals surface area contributed by atoms with E-state index in [-0.39, 0.29) is 0 Å². The summed E-state index contributed by atoms with van der Waals surface area (Å²) in [5.41, 5.74) is 3.76. The van der Waals surface area contributed by atoms with Gasteiger partial charge in [-0.25, -0.2) is 0 Å². The molecule has 4 heteroatoms. The minimum absolute atomic E-state index is 0.868. The van der Waals surface area contributed by atoms with Crippen LogP contribution in [0.1, 0.15) is 23.7 Å². The highest BCUT2D eigenvalue weighted by Crippen LogP contribution is 2.11. The summed E-state index contributed by atoms with van der Waals surface area (Å²) in [4.78, 5) is 0. The van der Waals surface area contributed by atoms with Crippen molar-refractivity contribution in [2.75, 3.05) is 0 Å². The van der Waals surface area contributed by atoms with Crippen molar-refractivity contribution in [1.29, 1.82) is 0 Å². The van der Waals surface area contributed by atoms with Crippen LogP contribution in [0.5, 0.6) is 0 Å². The van der Waals surface area contributed by atoms with E-state index in [1.165, 1.54) is 16.8 Å². The molecular weight excluding hydrogens is 290 g/mol. The Hall–Kier alpha value is -1.13. The van der Waals surface area contributed by atoms with Gasteiger partial charge in [0.2, 0.25) is 0 Å². The lowest BCUT2D eigenvalue weighted by Gasteiger charge is -2.04. The number of nitrogens with zero attached hydrogens (tertiary/aromatic N) is 2. The third-order valence-electron chi connectivity index (χ3n) is 2.88. The molecule has 2 aromatic rings. The maximum atomic E-state index is 4.44. The topological polar surface area (TPSA) is 29.9 Å². The summed E-state index contributed by atoms with van der Waals surface area (Å²) in [6.45, 7) is 3.89. The van der Waals surface area contributed by atoms with Gasteiger partial charge in [-0.2, -0.15) is 5.10 Å². The van der Waals surface area contributed by atoms with E-state index in [0.717, 1.165) is 24.0 Å². The Bertz CT molecular complexity index is 502. The molecule has 0 aliphatic carbocycles. The van der Waals surface area contributed by atoms with Crippen LogP contribution in [0.2, 0.25) is 0 Å². The Morgan fingerprint density at radius 2 is 1.94 bits per heavy atom. The van der Waals surface area contributed by atoms with Crippen molar-refractivity contribution in [2.45, 2.75) is 26.4 Å². The number of nitrogens with one attached hydrogen (secondary N) is 1. The van der Waals surface area contributed by atoms with Gasteiger partial charge in [-0.1, -0.05) is 35.0 Å². The normalized spacial score (nSPS) is 10.8. The average molecular weight is 308 g/mol. The van der Waals surface area contributed by atoms with Crippen LogP contribution in [0.25, 0.3) is 0 Å². The zero-order valence-electron chi connectivity index (χ0n) is 10.8. The highest BCUT2D eigenvalue weighted by Gasteiger charge is 2.04. The van der Waals surface area contributed by atoms with Crippen LogP contribution in [-0.4, -0.2) is 9.78 Å². The third kappa shape index (κ3) is 3.43. The molecule has 0 unspecified atom stereocenters. The van der Waals surface area contributed by atoms with Crippen LogP contribution in [0.3, 0.4) is 0 Å². The van der Waals surface area contributed by atoms with Crippen LogP contribution in [0.15, 0.2) is 34.9 Å². The zero-order valence-corrected chi connectivity index (χ0v) is 12.4. The molecule has 0 bridgehead atoms. The predicted octanol–water partition coefficient (Wildman–Crippen LogP) is 3.03. The lowest BCUT2D eigenvalue weighted by atomic mass is 10.2. The maximum absolute atomic E-state index is 4.44. The zero-order chi connectivity index (χ0) is 13.0. The van der Waals surface area contributed by atoms with Crippen LogP contribution in [-0.2, 0) is 26.6 Å². The van der Waals surface area contributed by atoms with Crippen molar-refractivity contribution in [3.63, 3.8) is 0 Å². The van der Waals surface area contributed by atoms with Crippen LogP contribution in [0.4, 0.5) is 0 Å². The number of hydrogen-bond donors (Lipinski definition) is 1. The van der Waals surface area contributed by atoms with Crippen molar-refractivity contribution < 1.29 is 0 Å². The molecule has 0 radical (unpaired) electrons. The SMILES string of the molecule is CCc1nn(C)cc1CNCc1ccc(Br)cc1. The maximum Gasteiger partial charge on any atom is 0.0666 e. The van der Waals surface area contributed by atoms with E-state index in [0.29, 0.717) is 0 Å². The molecule has 0 aliphatic heterocycles. The largest absolute Gasteiger partial charge is 0.308 e. The van der Waals surface area contributed by atoms with E-state index < -0.39 is 0 Å². The summed E-state index contributed by atoms with van der Waals surface area (Å²) in [5.74, 6) is 0. The summed E-state index contributed by atoms with van der Waals surface area (Å²) < 4.78 is 3.00. The molecule has 1 heterocycles. The molecule has 2 rings (SSSR count). The Balaban J connectivity index is 1.90. The van der Waals surface area contributed by atoms with Crippen molar-refractivity contribution in [3.8, 4) is 0 Å². The number of aromatic nitrogens is 2. The Kier molecular flexibility index (Phi) is 4.55. The lowest BCUT2D eigenvalue weighted by Crippen LogP contribution is -2.13. The molecule has 1 aromatic carbocycles. The number of halogens is 1. The van der Waals surface area contributed by atoms with Crippen LogP contribution < -0.4 is 5.32 Å². The van der Waals surface area contributed by atoms with E-state index in [2.05, 4.69) is 63.7 Å². The fourth-order valence-corrected chi connectivity index (χ4v) is 2.24. The highest BCUT2D eigenvalue weighted by molar-refractivity contribution is 9.10. The molecule has 1 N–H and O–H groups in total. The molecule has 0 atom stereocenters. The summed E-state index contributed by atoms with van der Waals surface area (Å²) in [5, 5.41) is 7.89. The standard InChI is InChI=1S/C14H18BrN3/c1-3-14-12(10-18(2)17-14)9-16-8-11-4-6-13(15)7-5-11/h4-7,10,16H,3,8-9H2,1-2H3. The number of hydrogen-bond acceptors (Lipinski definition) is 2. The van der Waals surface area contributed by atoms with Crippen molar-refractivity contribution >= 4 is 15.9 Å². The van der Waals surface area contributed by atoms with Gasteiger partial charge in [0.15, 0.2) is 0 Å². The van der Waals surface area contributed by atoms with Crippen molar-refractivity contribution in [2.24, 2.45) is 7.05 Å². The number of aryl methyl sites for hydroxylation is 2. The van der Waals surface area contributed by atoms with E-state index in [1.54, 1.807) is 0 Å². The molecule has 1 aromatic heterocycles. The van der Waals surface area contributed by atoms with E-state index >= 15 is 0 Å².